The Morgan fingerprint density at radius 1 is 0.778 bits per heavy atom. The second-order valence-electron chi connectivity index (χ2n) is 9.37. The summed E-state index contributed by atoms with van der Waals surface area (Å²) in [5, 5.41) is 0. The smallest absolute Gasteiger partial charge is 0.146 e. The monoisotopic (exact) mass is 508 g/mol. The molecule has 3 aromatic rings. The Labute approximate surface area is 217 Å². The highest BCUT2D eigenvalue weighted by Crippen LogP contribution is 2.30. The van der Waals surface area contributed by atoms with Gasteiger partial charge in [0.15, 0.2) is 0 Å². The van der Waals surface area contributed by atoms with Crippen LogP contribution in [0.25, 0.3) is 0 Å². The van der Waals surface area contributed by atoms with Crippen LogP contribution in [0.3, 0.4) is 0 Å². The van der Waals surface area contributed by atoms with Gasteiger partial charge >= 0.3 is 0 Å². The van der Waals surface area contributed by atoms with E-state index in [4.69, 9.17) is 0 Å². The Morgan fingerprint density at radius 3 is 1.92 bits per heavy atom. The molecule has 3 aromatic carbocycles. The molecule has 1 heterocycles. The van der Waals surface area contributed by atoms with E-state index in [-0.39, 0.29) is 23.3 Å². The maximum absolute atomic E-state index is 13.4. The first-order valence-corrected chi connectivity index (χ1v) is 13.7. The summed E-state index contributed by atoms with van der Waals surface area (Å²) in [6.07, 6.45) is 2.03. The van der Waals surface area contributed by atoms with Gasteiger partial charge in [0.1, 0.15) is 17.4 Å². The third-order valence-corrected chi connectivity index (χ3v) is 7.77. The van der Waals surface area contributed by atoms with Gasteiger partial charge < -0.3 is 0 Å². The number of thioether (sulfide) groups is 1. The van der Waals surface area contributed by atoms with Gasteiger partial charge in [0.05, 0.1) is 6.54 Å². The largest absolute Gasteiger partial charge is 0.300 e. The number of nitrogens with zero attached hydrogens (tertiary/aromatic N) is 2. The first-order valence-electron chi connectivity index (χ1n) is 12.7. The normalized spacial score (nSPS) is 14.9. The minimum Gasteiger partial charge on any atom is -0.300 e. The third-order valence-electron chi connectivity index (χ3n) is 6.78. The highest BCUT2D eigenvalue weighted by molar-refractivity contribution is 7.99. The van der Waals surface area contributed by atoms with Crippen LogP contribution >= 0.6 is 11.8 Å². The van der Waals surface area contributed by atoms with E-state index < -0.39 is 0 Å². The number of hydrogen-bond donors (Lipinski definition) is 0. The number of carbonyl (C=O) groups excluding carboxylic acids is 1. The number of carbonyl (C=O) groups is 1. The quantitative estimate of drug-likeness (QED) is 0.270. The average Bonchev–Trinajstić information content (AvgIpc) is 2.90. The van der Waals surface area contributed by atoms with E-state index in [9.17, 15) is 13.6 Å². The van der Waals surface area contributed by atoms with Crippen molar-refractivity contribution in [2.45, 2.75) is 30.1 Å². The SMILES string of the molecule is O=C(CCCC(c1ccc(F)cc1)c1ccc(F)cc1)CN1CCN(CCSc2ccccc2)CC1. The second kappa shape index (κ2) is 13.7. The molecule has 0 aromatic heterocycles. The molecule has 36 heavy (non-hydrogen) atoms. The summed E-state index contributed by atoms with van der Waals surface area (Å²) in [6.45, 7) is 5.42. The maximum Gasteiger partial charge on any atom is 0.146 e. The lowest BCUT2D eigenvalue weighted by atomic mass is 9.86. The van der Waals surface area contributed by atoms with Crippen LogP contribution in [0, 0.1) is 11.6 Å². The molecule has 3 nitrogen and oxygen atoms in total. The number of benzene rings is 3. The van der Waals surface area contributed by atoms with Crippen molar-refractivity contribution in [3.63, 3.8) is 0 Å². The van der Waals surface area contributed by atoms with Gasteiger partial charge in [0.2, 0.25) is 0 Å². The number of Topliss-reactive ketones (excluding diaryl/α,β-unsaturated/α-hetero) is 1. The van der Waals surface area contributed by atoms with Crippen molar-refractivity contribution in [1.82, 2.24) is 9.80 Å². The predicted octanol–water partition coefficient (Wildman–Crippen LogP) is 6.25. The van der Waals surface area contributed by atoms with E-state index in [0.717, 1.165) is 62.4 Å². The Bertz CT molecular complexity index is 1020. The Kier molecular flexibility index (Phi) is 10.1. The number of ketones is 1. The molecule has 0 bridgehead atoms. The standard InChI is InChI=1S/C30H34F2N2OS/c31-26-13-9-24(10-14-26)30(25-11-15-27(32)16-12-25)8-4-5-28(35)23-34-19-17-33(18-20-34)21-22-36-29-6-2-1-3-7-29/h1-3,6-7,9-16,30H,4-5,8,17-23H2. The molecule has 0 saturated carbocycles. The van der Waals surface area contributed by atoms with E-state index >= 15 is 0 Å². The van der Waals surface area contributed by atoms with Crippen molar-refractivity contribution in [1.29, 1.82) is 0 Å². The van der Waals surface area contributed by atoms with E-state index in [2.05, 4.69) is 34.1 Å². The van der Waals surface area contributed by atoms with Gasteiger partial charge in [0, 0.05) is 55.7 Å². The van der Waals surface area contributed by atoms with E-state index in [1.165, 1.54) is 29.2 Å². The van der Waals surface area contributed by atoms with E-state index in [1.807, 2.05) is 17.8 Å². The van der Waals surface area contributed by atoms with Gasteiger partial charge in [-0.2, -0.15) is 0 Å². The van der Waals surface area contributed by atoms with Gasteiger partial charge in [-0.15, -0.1) is 11.8 Å². The molecule has 0 spiro atoms. The van der Waals surface area contributed by atoms with Crippen molar-refractivity contribution in [2.75, 3.05) is 45.0 Å². The van der Waals surface area contributed by atoms with Crippen LogP contribution in [0.2, 0.25) is 0 Å². The maximum atomic E-state index is 13.4. The molecule has 1 aliphatic heterocycles. The minimum atomic E-state index is -0.276. The topological polar surface area (TPSA) is 23.6 Å². The summed E-state index contributed by atoms with van der Waals surface area (Å²) in [4.78, 5) is 18.8. The molecule has 1 aliphatic rings. The first-order chi connectivity index (χ1) is 17.6. The van der Waals surface area contributed by atoms with Gasteiger partial charge in [0.25, 0.3) is 0 Å². The summed E-state index contributed by atoms with van der Waals surface area (Å²) in [5.41, 5.74) is 1.97. The van der Waals surface area contributed by atoms with Crippen molar-refractivity contribution in [3.8, 4) is 0 Å². The van der Waals surface area contributed by atoms with Crippen LogP contribution in [0.15, 0.2) is 83.8 Å². The highest BCUT2D eigenvalue weighted by Gasteiger charge is 2.20. The van der Waals surface area contributed by atoms with Crippen LogP contribution in [-0.4, -0.2) is 60.6 Å². The first kappa shape index (κ1) is 26.5. The molecule has 1 saturated heterocycles. The fraction of sp³-hybridized carbons (Fsp3) is 0.367. The van der Waals surface area contributed by atoms with Crippen molar-refractivity contribution < 1.29 is 13.6 Å². The number of hydrogen-bond acceptors (Lipinski definition) is 4. The lowest BCUT2D eigenvalue weighted by molar-refractivity contribution is -0.120. The Balaban J connectivity index is 1.19. The molecule has 0 radical (unpaired) electrons. The van der Waals surface area contributed by atoms with Crippen molar-refractivity contribution >= 4 is 17.5 Å². The molecule has 6 heteroatoms. The molecule has 0 unspecified atom stereocenters. The number of piperazine rings is 1. The minimum absolute atomic E-state index is 0.0105. The molecule has 0 amide bonds. The lowest BCUT2D eigenvalue weighted by Gasteiger charge is -2.34. The lowest BCUT2D eigenvalue weighted by Crippen LogP contribution is -2.48. The second-order valence-corrected chi connectivity index (χ2v) is 10.5. The fourth-order valence-corrected chi connectivity index (χ4v) is 5.66. The van der Waals surface area contributed by atoms with Gasteiger partial charge in [-0.3, -0.25) is 14.6 Å². The van der Waals surface area contributed by atoms with Gasteiger partial charge in [-0.1, -0.05) is 42.5 Å². The van der Waals surface area contributed by atoms with Crippen LogP contribution in [0.1, 0.15) is 36.3 Å². The molecule has 4 rings (SSSR count). The zero-order chi connectivity index (χ0) is 25.2. The average molecular weight is 509 g/mol. The van der Waals surface area contributed by atoms with Crippen molar-refractivity contribution in [3.05, 3.63) is 102 Å². The van der Waals surface area contributed by atoms with Gasteiger partial charge in [-0.05, 0) is 60.4 Å². The molecule has 0 N–H and O–H groups in total. The molecule has 0 atom stereocenters. The van der Waals surface area contributed by atoms with E-state index in [0.29, 0.717) is 13.0 Å². The summed E-state index contributed by atoms with van der Waals surface area (Å²) in [7, 11) is 0. The van der Waals surface area contributed by atoms with Crippen LogP contribution in [-0.2, 0) is 4.79 Å². The third kappa shape index (κ3) is 8.26. The highest BCUT2D eigenvalue weighted by atomic mass is 32.2. The zero-order valence-corrected chi connectivity index (χ0v) is 21.4. The van der Waals surface area contributed by atoms with Gasteiger partial charge in [-0.25, -0.2) is 8.78 Å². The summed E-state index contributed by atoms with van der Waals surface area (Å²) >= 11 is 1.89. The molecule has 190 valence electrons. The number of rotatable bonds is 12. The molecular weight excluding hydrogens is 474 g/mol. The summed E-state index contributed by atoms with van der Waals surface area (Å²) in [5.74, 6) is 0.798. The Hall–Kier alpha value is -2.54. The Morgan fingerprint density at radius 2 is 1.33 bits per heavy atom. The zero-order valence-electron chi connectivity index (χ0n) is 20.6. The molecule has 1 fully saturated rings. The summed E-state index contributed by atoms with van der Waals surface area (Å²) < 4.78 is 26.9. The molecule has 0 aliphatic carbocycles. The van der Waals surface area contributed by atoms with Crippen LogP contribution < -0.4 is 0 Å². The molecular formula is C30H34F2N2OS. The number of halogens is 2. The van der Waals surface area contributed by atoms with Crippen LogP contribution in [0.4, 0.5) is 8.78 Å². The predicted molar refractivity (Wildman–Crippen MR) is 144 cm³/mol. The van der Waals surface area contributed by atoms with Crippen molar-refractivity contribution in [2.24, 2.45) is 0 Å². The fourth-order valence-electron chi connectivity index (χ4n) is 4.73. The summed E-state index contributed by atoms with van der Waals surface area (Å²) in [6, 6.07) is 23.4. The van der Waals surface area contributed by atoms with Crippen LogP contribution in [0.5, 0.6) is 0 Å². The van der Waals surface area contributed by atoms with E-state index in [1.54, 1.807) is 24.3 Å².